The molecule has 1 aromatic carbocycles. The Morgan fingerprint density at radius 2 is 1.42 bits per heavy atom. The van der Waals surface area contributed by atoms with Crippen LogP contribution in [0.25, 0.3) is 0 Å². The fourth-order valence-corrected chi connectivity index (χ4v) is 3.80. The van der Waals surface area contributed by atoms with E-state index in [1.54, 1.807) is 0 Å². The van der Waals surface area contributed by atoms with Crippen LogP contribution in [0.4, 0.5) is 5.69 Å². The van der Waals surface area contributed by atoms with Gasteiger partial charge in [-0.05, 0) is 31.2 Å². The molecule has 0 aromatic heterocycles. The van der Waals surface area contributed by atoms with Gasteiger partial charge in [0.2, 0.25) is 17.7 Å². The lowest BCUT2D eigenvalue weighted by Gasteiger charge is -2.36. The number of thioether (sulfide) groups is 1. The van der Waals surface area contributed by atoms with Crippen LogP contribution in [0.2, 0.25) is 0 Å². The van der Waals surface area contributed by atoms with Crippen LogP contribution in [0.3, 0.4) is 0 Å². The largest absolute Gasteiger partial charge is 0.339 e. The fourth-order valence-electron chi connectivity index (χ4n) is 2.84. The average Bonchev–Trinajstić information content (AvgIpc) is 2.61. The Hall–Kier alpha value is -2.02. The Morgan fingerprint density at radius 1 is 0.923 bits per heavy atom. The molecule has 6 nitrogen and oxygen atoms in total. The van der Waals surface area contributed by atoms with Crippen LogP contribution in [0, 0.1) is 5.92 Å². The summed E-state index contributed by atoms with van der Waals surface area (Å²) >= 11 is 1.50. The number of hydrogen-bond donors (Lipinski definition) is 1. The molecule has 26 heavy (non-hydrogen) atoms. The van der Waals surface area contributed by atoms with Crippen molar-refractivity contribution in [3.63, 3.8) is 0 Å². The van der Waals surface area contributed by atoms with E-state index in [-0.39, 0.29) is 28.9 Å². The number of rotatable bonds is 5. The molecule has 7 heteroatoms. The molecule has 0 bridgehead atoms. The molecule has 1 aliphatic heterocycles. The van der Waals surface area contributed by atoms with Gasteiger partial charge in [0.05, 0.1) is 5.25 Å². The highest BCUT2D eigenvalue weighted by Gasteiger charge is 2.28. The van der Waals surface area contributed by atoms with Crippen LogP contribution >= 0.6 is 11.8 Å². The zero-order valence-electron chi connectivity index (χ0n) is 15.8. The lowest BCUT2D eigenvalue weighted by atomic mass is 10.1. The molecule has 1 atom stereocenters. The summed E-state index contributed by atoms with van der Waals surface area (Å²) in [5.41, 5.74) is 0.742. The Labute approximate surface area is 159 Å². The van der Waals surface area contributed by atoms with E-state index in [2.05, 4.69) is 5.32 Å². The molecular weight excluding hydrogens is 350 g/mol. The van der Waals surface area contributed by atoms with Crippen molar-refractivity contribution in [2.75, 3.05) is 31.5 Å². The predicted molar refractivity (Wildman–Crippen MR) is 104 cm³/mol. The summed E-state index contributed by atoms with van der Waals surface area (Å²) < 4.78 is 0. The van der Waals surface area contributed by atoms with Gasteiger partial charge >= 0.3 is 0 Å². The van der Waals surface area contributed by atoms with Gasteiger partial charge in [0.25, 0.3) is 0 Å². The molecule has 1 fully saturated rings. The summed E-state index contributed by atoms with van der Waals surface area (Å²) in [5, 5.41) is 2.53. The van der Waals surface area contributed by atoms with E-state index < -0.39 is 0 Å². The minimum atomic E-state index is -0.200. The first-order valence-electron chi connectivity index (χ1n) is 8.90. The van der Waals surface area contributed by atoms with Gasteiger partial charge in [0.15, 0.2) is 0 Å². The van der Waals surface area contributed by atoms with Gasteiger partial charge in [-0.15, -0.1) is 11.8 Å². The van der Waals surface area contributed by atoms with Crippen molar-refractivity contribution in [3.05, 3.63) is 24.3 Å². The van der Waals surface area contributed by atoms with E-state index in [0.717, 1.165) is 10.6 Å². The van der Waals surface area contributed by atoms with Crippen LogP contribution in [0.15, 0.2) is 29.2 Å². The second-order valence-corrected chi connectivity index (χ2v) is 8.19. The van der Waals surface area contributed by atoms with Crippen LogP contribution in [-0.4, -0.2) is 59.0 Å². The van der Waals surface area contributed by atoms with Crippen molar-refractivity contribution in [3.8, 4) is 0 Å². The third-order valence-corrected chi connectivity index (χ3v) is 5.33. The van der Waals surface area contributed by atoms with E-state index in [1.165, 1.54) is 18.7 Å². The molecule has 1 aromatic rings. The number of carbonyl (C=O) groups is 3. The number of piperazine rings is 1. The zero-order valence-corrected chi connectivity index (χ0v) is 16.6. The molecule has 0 spiro atoms. The quantitative estimate of drug-likeness (QED) is 0.800. The molecular formula is C19H27N3O3S. The van der Waals surface area contributed by atoms with Gasteiger partial charge in [-0.2, -0.15) is 0 Å². The topological polar surface area (TPSA) is 69.7 Å². The van der Waals surface area contributed by atoms with Crippen molar-refractivity contribution in [1.29, 1.82) is 0 Å². The Kier molecular flexibility index (Phi) is 7.08. The lowest BCUT2D eigenvalue weighted by molar-refractivity contribution is -0.141. The molecule has 0 saturated carbocycles. The number of hydrogen-bond acceptors (Lipinski definition) is 4. The molecule has 3 amide bonds. The van der Waals surface area contributed by atoms with Crippen molar-refractivity contribution in [2.45, 2.75) is 37.8 Å². The Morgan fingerprint density at radius 3 is 1.88 bits per heavy atom. The standard InChI is InChI=1S/C19H27N3O3S/c1-13(2)18(24)21-9-11-22(12-10-21)19(25)14(3)26-17-7-5-16(6-8-17)20-15(4)23/h5-8,13-14H,9-12H2,1-4H3,(H,20,23). The second-order valence-electron chi connectivity index (χ2n) is 6.77. The average molecular weight is 378 g/mol. The Balaban J connectivity index is 1.86. The van der Waals surface area contributed by atoms with Crippen LogP contribution in [-0.2, 0) is 14.4 Å². The highest BCUT2D eigenvalue weighted by Crippen LogP contribution is 2.26. The normalized spacial score (nSPS) is 15.7. The third kappa shape index (κ3) is 5.49. The maximum atomic E-state index is 12.7. The van der Waals surface area contributed by atoms with E-state index in [4.69, 9.17) is 0 Å². The molecule has 1 aliphatic rings. The highest BCUT2D eigenvalue weighted by molar-refractivity contribution is 8.00. The van der Waals surface area contributed by atoms with Gasteiger partial charge in [-0.3, -0.25) is 14.4 Å². The molecule has 1 saturated heterocycles. The number of nitrogens with zero attached hydrogens (tertiary/aromatic N) is 2. The molecule has 1 N–H and O–H groups in total. The first kappa shape index (κ1) is 20.3. The maximum absolute atomic E-state index is 12.7. The van der Waals surface area contributed by atoms with Crippen molar-refractivity contribution < 1.29 is 14.4 Å². The summed E-state index contributed by atoms with van der Waals surface area (Å²) in [6.07, 6.45) is 0. The van der Waals surface area contributed by atoms with Crippen molar-refractivity contribution in [2.24, 2.45) is 5.92 Å². The van der Waals surface area contributed by atoms with E-state index in [0.29, 0.717) is 26.2 Å². The monoisotopic (exact) mass is 377 g/mol. The minimum absolute atomic E-state index is 0.00723. The summed E-state index contributed by atoms with van der Waals surface area (Å²) in [6, 6.07) is 7.46. The summed E-state index contributed by atoms with van der Waals surface area (Å²) in [6.45, 7) is 9.55. The fraction of sp³-hybridized carbons (Fsp3) is 0.526. The summed E-state index contributed by atoms with van der Waals surface area (Å²) in [4.78, 5) is 40.4. The molecule has 0 aliphatic carbocycles. The van der Waals surface area contributed by atoms with Crippen LogP contribution in [0.5, 0.6) is 0 Å². The molecule has 1 heterocycles. The minimum Gasteiger partial charge on any atom is -0.339 e. The lowest BCUT2D eigenvalue weighted by Crippen LogP contribution is -2.52. The number of carbonyl (C=O) groups excluding carboxylic acids is 3. The van der Waals surface area contributed by atoms with Gasteiger partial charge in [-0.1, -0.05) is 13.8 Å². The summed E-state index contributed by atoms with van der Waals surface area (Å²) in [5.74, 6) is 0.132. The third-order valence-electron chi connectivity index (χ3n) is 4.23. The smallest absolute Gasteiger partial charge is 0.235 e. The van der Waals surface area contributed by atoms with Crippen molar-refractivity contribution >= 4 is 35.2 Å². The summed E-state index contributed by atoms with van der Waals surface area (Å²) in [7, 11) is 0. The number of nitrogens with one attached hydrogen (secondary N) is 1. The SMILES string of the molecule is CC(=O)Nc1ccc(SC(C)C(=O)N2CCN(C(=O)C(C)C)CC2)cc1. The van der Waals surface area contributed by atoms with E-state index >= 15 is 0 Å². The maximum Gasteiger partial charge on any atom is 0.235 e. The van der Waals surface area contributed by atoms with Gasteiger partial charge in [0, 0.05) is 49.6 Å². The number of amides is 3. The number of anilines is 1. The van der Waals surface area contributed by atoms with E-state index in [9.17, 15) is 14.4 Å². The first-order valence-corrected chi connectivity index (χ1v) is 9.77. The highest BCUT2D eigenvalue weighted by atomic mass is 32.2. The van der Waals surface area contributed by atoms with Crippen LogP contribution in [0.1, 0.15) is 27.7 Å². The van der Waals surface area contributed by atoms with Gasteiger partial charge in [0.1, 0.15) is 0 Å². The Bertz CT molecular complexity index is 652. The molecule has 2 rings (SSSR count). The molecule has 1 unspecified atom stereocenters. The molecule has 0 radical (unpaired) electrons. The van der Waals surface area contributed by atoms with Gasteiger partial charge < -0.3 is 15.1 Å². The second kappa shape index (κ2) is 9.07. The first-order chi connectivity index (χ1) is 12.3. The zero-order chi connectivity index (χ0) is 19.3. The molecule has 142 valence electrons. The van der Waals surface area contributed by atoms with Gasteiger partial charge in [-0.25, -0.2) is 0 Å². The predicted octanol–water partition coefficient (Wildman–Crippen LogP) is 2.45. The number of benzene rings is 1. The van der Waals surface area contributed by atoms with E-state index in [1.807, 2.05) is 54.8 Å². The van der Waals surface area contributed by atoms with Crippen molar-refractivity contribution in [1.82, 2.24) is 9.80 Å². The van der Waals surface area contributed by atoms with Crippen LogP contribution < -0.4 is 5.32 Å².